The molecular formula is C23H17FN4O4S2. The Morgan fingerprint density at radius 2 is 1.91 bits per heavy atom. The van der Waals surface area contributed by atoms with Gasteiger partial charge in [0.05, 0.1) is 36.7 Å². The number of benzene rings is 2. The third-order valence-corrected chi connectivity index (χ3v) is 6.79. The fraction of sp³-hybridized carbons (Fsp3) is 0.130. The van der Waals surface area contributed by atoms with E-state index >= 15 is 0 Å². The van der Waals surface area contributed by atoms with Crippen LogP contribution in [0.4, 0.5) is 4.39 Å². The number of aromatic nitrogens is 4. The second-order valence-corrected chi connectivity index (χ2v) is 8.87. The smallest absolute Gasteiger partial charge is 0.276 e. The molecule has 0 spiro atoms. The molecule has 0 aliphatic carbocycles. The van der Waals surface area contributed by atoms with Gasteiger partial charge in [-0.05, 0) is 47.8 Å². The Morgan fingerprint density at radius 3 is 2.68 bits per heavy atom. The van der Waals surface area contributed by atoms with Gasteiger partial charge in [0.1, 0.15) is 22.0 Å². The molecule has 34 heavy (non-hydrogen) atoms. The molecule has 2 aromatic carbocycles. The number of halogens is 1. The predicted octanol–water partition coefficient (Wildman–Crippen LogP) is 4.95. The molecule has 0 unspecified atom stereocenters. The van der Waals surface area contributed by atoms with Crippen LogP contribution in [0.25, 0.3) is 27.3 Å². The van der Waals surface area contributed by atoms with Gasteiger partial charge in [0.25, 0.3) is 5.56 Å². The zero-order chi connectivity index (χ0) is 23.7. The molecule has 5 aromatic rings. The molecule has 3 aromatic heterocycles. The second kappa shape index (κ2) is 9.27. The highest BCUT2D eigenvalue weighted by Crippen LogP contribution is 2.32. The zero-order valence-corrected chi connectivity index (χ0v) is 19.7. The van der Waals surface area contributed by atoms with E-state index in [2.05, 4.69) is 15.1 Å². The van der Waals surface area contributed by atoms with Gasteiger partial charge in [-0.2, -0.15) is 4.98 Å². The van der Waals surface area contributed by atoms with Crippen LogP contribution in [0.5, 0.6) is 11.5 Å². The number of methoxy groups -OCH3 is 2. The van der Waals surface area contributed by atoms with Crippen LogP contribution in [0.3, 0.4) is 0 Å². The topological polar surface area (TPSA) is 92.3 Å². The lowest BCUT2D eigenvalue weighted by atomic mass is 10.2. The summed E-state index contributed by atoms with van der Waals surface area (Å²) in [5, 5.41) is 6.31. The molecule has 0 bridgehead atoms. The van der Waals surface area contributed by atoms with Gasteiger partial charge >= 0.3 is 0 Å². The van der Waals surface area contributed by atoms with Crippen molar-refractivity contribution in [2.24, 2.45) is 0 Å². The summed E-state index contributed by atoms with van der Waals surface area (Å²) in [4.78, 5) is 22.3. The summed E-state index contributed by atoms with van der Waals surface area (Å²) in [7, 11) is 3.13. The van der Waals surface area contributed by atoms with Crippen molar-refractivity contribution in [2.75, 3.05) is 14.2 Å². The van der Waals surface area contributed by atoms with Crippen molar-refractivity contribution in [3.8, 4) is 28.6 Å². The van der Waals surface area contributed by atoms with Crippen LogP contribution in [0.1, 0.15) is 5.89 Å². The Balaban J connectivity index is 1.46. The highest BCUT2D eigenvalue weighted by atomic mass is 32.2. The number of nitrogens with zero attached hydrogens (tertiary/aromatic N) is 4. The van der Waals surface area contributed by atoms with E-state index < -0.39 is 0 Å². The molecule has 5 rings (SSSR count). The average molecular weight is 497 g/mol. The largest absolute Gasteiger partial charge is 0.497 e. The van der Waals surface area contributed by atoms with Gasteiger partial charge in [0.2, 0.25) is 11.7 Å². The van der Waals surface area contributed by atoms with Crippen LogP contribution in [0, 0.1) is 5.82 Å². The lowest BCUT2D eigenvalue weighted by Crippen LogP contribution is -2.20. The number of thiophene rings is 1. The maximum absolute atomic E-state index is 13.5. The molecule has 0 aliphatic rings. The SMILES string of the molecule is COc1ccc(-c2noc(CSc3nc4ccsc4c(=O)n3-c3ccc(F)cc3)n2)c(OC)c1. The van der Waals surface area contributed by atoms with Crippen LogP contribution in [0.2, 0.25) is 0 Å². The van der Waals surface area contributed by atoms with Crippen molar-refractivity contribution in [1.29, 1.82) is 0 Å². The first-order valence-corrected chi connectivity index (χ1v) is 11.9. The predicted molar refractivity (Wildman–Crippen MR) is 128 cm³/mol. The second-order valence-electron chi connectivity index (χ2n) is 7.01. The van der Waals surface area contributed by atoms with Crippen LogP contribution >= 0.6 is 23.1 Å². The van der Waals surface area contributed by atoms with Crippen molar-refractivity contribution in [3.05, 3.63) is 76.0 Å². The summed E-state index contributed by atoms with van der Waals surface area (Å²) in [6.45, 7) is 0. The van der Waals surface area contributed by atoms with Crippen LogP contribution in [-0.4, -0.2) is 33.9 Å². The summed E-state index contributed by atoms with van der Waals surface area (Å²) < 4.78 is 31.5. The number of hydrogen-bond acceptors (Lipinski definition) is 9. The van der Waals surface area contributed by atoms with E-state index in [1.165, 1.54) is 39.8 Å². The van der Waals surface area contributed by atoms with Crippen LogP contribution in [-0.2, 0) is 5.75 Å². The monoisotopic (exact) mass is 496 g/mol. The third kappa shape index (κ3) is 4.15. The molecule has 3 heterocycles. The first-order valence-electron chi connectivity index (χ1n) is 10.0. The van der Waals surface area contributed by atoms with Crippen molar-refractivity contribution in [3.63, 3.8) is 0 Å². The first kappa shape index (κ1) is 22.1. The standard InChI is InChI=1S/C23H17FN4O4S2/c1-30-15-7-8-16(18(11-15)31-2)21-26-19(32-27-21)12-34-23-25-17-9-10-33-20(17)22(29)28(23)14-5-3-13(24)4-6-14/h3-11H,12H2,1-2H3. The normalized spacial score (nSPS) is 11.1. The molecule has 0 fully saturated rings. The average Bonchev–Trinajstić information content (AvgIpc) is 3.53. The van der Waals surface area contributed by atoms with Crippen molar-refractivity contribution in [2.45, 2.75) is 10.9 Å². The van der Waals surface area contributed by atoms with Crippen molar-refractivity contribution >= 4 is 33.3 Å². The van der Waals surface area contributed by atoms with Gasteiger partial charge in [-0.1, -0.05) is 16.9 Å². The van der Waals surface area contributed by atoms with Gasteiger partial charge < -0.3 is 14.0 Å². The van der Waals surface area contributed by atoms with Crippen LogP contribution < -0.4 is 15.0 Å². The molecule has 8 nitrogen and oxygen atoms in total. The van der Waals surface area contributed by atoms with Crippen molar-refractivity contribution in [1.82, 2.24) is 19.7 Å². The molecule has 0 atom stereocenters. The Kier molecular flexibility index (Phi) is 6.03. The van der Waals surface area contributed by atoms with Gasteiger partial charge in [-0.15, -0.1) is 11.3 Å². The summed E-state index contributed by atoms with van der Waals surface area (Å²) in [6.07, 6.45) is 0. The molecule has 0 amide bonds. The van der Waals surface area contributed by atoms with E-state index in [9.17, 15) is 9.18 Å². The Hall–Kier alpha value is -3.70. The minimum atomic E-state index is -0.386. The van der Waals surface area contributed by atoms with Crippen molar-refractivity contribution < 1.29 is 18.4 Å². The Morgan fingerprint density at radius 1 is 1.09 bits per heavy atom. The molecular weight excluding hydrogens is 479 g/mol. The third-order valence-electron chi connectivity index (χ3n) is 4.98. The highest BCUT2D eigenvalue weighted by molar-refractivity contribution is 7.98. The fourth-order valence-electron chi connectivity index (χ4n) is 3.34. The Labute approximate surface area is 201 Å². The van der Waals surface area contributed by atoms with Gasteiger partial charge in [-0.25, -0.2) is 9.37 Å². The van der Waals surface area contributed by atoms with E-state index in [0.717, 1.165) is 0 Å². The molecule has 0 radical (unpaired) electrons. The molecule has 0 saturated carbocycles. The summed E-state index contributed by atoms with van der Waals surface area (Å²) in [5.74, 6) is 1.80. The zero-order valence-electron chi connectivity index (χ0n) is 18.0. The minimum Gasteiger partial charge on any atom is -0.497 e. The quantitative estimate of drug-likeness (QED) is 0.231. The molecule has 172 valence electrons. The fourth-order valence-corrected chi connectivity index (χ4v) is 4.95. The molecule has 0 saturated heterocycles. The minimum absolute atomic E-state index is 0.219. The van der Waals surface area contributed by atoms with Crippen LogP contribution in [0.15, 0.2) is 68.4 Å². The number of rotatable bonds is 7. The summed E-state index contributed by atoms with van der Waals surface area (Å²) in [5.41, 5.74) is 1.56. The van der Waals surface area contributed by atoms with E-state index in [0.29, 0.717) is 49.8 Å². The van der Waals surface area contributed by atoms with Gasteiger partial charge in [0, 0.05) is 6.07 Å². The number of hydrogen-bond donors (Lipinski definition) is 0. The maximum atomic E-state index is 13.5. The number of thioether (sulfide) groups is 1. The lowest BCUT2D eigenvalue weighted by Gasteiger charge is -2.11. The molecule has 0 aliphatic heterocycles. The summed E-state index contributed by atoms with van der Waals surface area (Å²) in [6, 6.07) is 12.8. The molecule has 11 heteroatoms. The molecule has 0 N–H and O–H groups in total. The summed E-state index contributed by atoms with van der Waals surface area (Å²) >= 11 is 2.59. The first-order chi connectivity index (χ1) is 16.6. The van der Waals surface area contributed by atoms with E-state index in [4.69, 9.17) is 14.0 Å². The van der Waals surface area contributed by atoms with E-state index in [1.54, 1.807) is 50.6 Å². The number of ether oxygens (including phenoxy) is 2. The van der Waals surface area contributed by atoms with E-state index in [1.807, 2.05) is 5.38 Å². The van der Waals surface area contributed by atoms with Gasteiger partial charge in [0.15, 0.2) is 5.16 Å². The van der Waals surface area contributed by atoms with Gasteiger partial charge in [-0.3, -0.25) is 9.36 Å². The van der Waals surface area contributed by atoms with E-state index in [-0.39, 0.29) is 17.1 Å². The highest BCUT2D eigenvalue weighted by Gasteiger charge is 2.18. The number of fused-ring (bicyclic) bond motifs is 1. The maximum Gasteiger partial charge on any atom is 0.276 e. The Bertz CT molecular complexity index is 1530. The lowest BCUT2D eigenvalue weighted by molar-refractivity contribution is 0.388.